The van der Waals surface area contributed by atoms with Crippen molar-refractivity contribution in [3.8, 4) is 6.07 Å². The molecule has 3 aromatic rings. The molecule has 3 rings (SSSR count). The molecule has 2 aromatic carbocycles. The molecule has 1 N–H and O–H groups in total. The first-order chi connectivity index (χ1) is 14.2. The number of anilines is 4. The Morgan fingerprint density at radius 1 is 1.03 bits per heavy atom. The average molecular weight is 411 g/mol. The Bertz CT molecular complexity index is 1050. The van der Waals surface area contributed by atoms with Crippen LogP contribution < -0.4 is 10.2 Å². The molecule has 30 heavy (non-hydrogen) atoms. The number of alkyl halides is 3. The van der Waals surface area contributed by atoms with Crippen molar-refractivity contribution in [3.63, 3.8) is 0 Å². The number of nitrogens with zero attached hydrogens (tertiary/aromatic N) is 4. The van der Waals surface area contributed by atoms with Gasteiger partial charge in [-0.25, -0.2) is 4.98 Å². The maximum absolute atomic E-state index is 13.6. The van der Waals surface area contributed by atoms with Crippen LogP contribution in [-0.2, 0) is 6.18 Å². The van der Waals surface area contributed by atoms with E-state index in [-0.39, 0.29) is 11.8 Å². The molecule has 0 spiro atoms. The van der Waals surface area contributed by atoms with E-state index in [0.29, 0.717) is 22.9 Å². The summed E-state index contributed by atoms with van der Waals surface area (Å²) in [5.41, 5.74) is 1.77. The fourth-order valence-corrected chi connectivity index (χ4v) is 2.85. The second-order valence-corrected chi connectivity index (χ2v) is 7.05. The van der Waals surface area contributed by atoms with Gasteiger partial charge in [0.1, 0.15) is 5.56 Å². The number of nitriles is 1. The lowest BCUT2D eigenvalue weighted by Crippen LogP contribution is -2.19. The van der Waals surface area contributed by atoms with Gasteiger partial charge in [0.2, 0.25) is 5.95 Å². The van der Waals surface area contributed by atoms with Gasteiger partial charge < -0.3 is 10.2 Å². The molecular weight excluding hydrogens is 391 g/mol. The van der Waals surface area contributed by atoms with Crippen molar-refractivity contribution in [2.75, 3.05) is 17.3 Å². The summed E-state index contributed by atoms with van der Waals surface area (Å²) in [5, 5.41) is 11.7. The Kier molecular flexibility index (Phi) is 5.92. The zero-order valence-electron chi connectivity index (χ0n) is 16.7. The molecule has 0 radical (unpaired) electrons. The molecule has 0 unspecified atom stereocenters. The fourth-order valence-electron chi connectivity index (χ4n) is 2.85. The predicted octanol–water partition coefficient (Wildman–Crippen LogP) is 6.00. The predicted molar refractivity (Wildman–Crippen MR) is 110 cm³/mol. The van der Waals surface area contributed by atoms with Gasteiger partial charge in [-0.3, -0.25) is 0 Å². The molecular formula is C22H20F3N5. The van der Waals surface area contributed by atoms with E-state index in [1.54, 1.807) is 36.4 Å². The van der Waals surface area contributed by atoms with Gasteiger partial charge in [-0.2, -0.15) is 23.4 Å². The van der Waals surface area contributed by atoms with Crippen LogP contribution in [0.1, 0.15) is 36.5 Å². The first kappa shape index (κ1) is 21.1. The molecule has 5 nitrogen and oxygen atoms in total. The summed E-state index contributed by atoms with van der Waals surface area (Å²) in [7, 11) is 1.54. The lowest BCUT2D eigenvalue weighted by molar-refractivity contribution is -0.137. The lowest BCUT2D eigenvalue weighted by Gasteiger charge is -2.23. The molecule has 0 bridgehead atoms. The van der Waals surface area contributed by atoms with Gasteiger partial charge in [-0.15, -0.1) is 0 Å². The molecule has 0 amide bonds. The monoisotopic (exact) mass is 411 g/mol. The van der Waals surface area contributed by atoms with Crippen molar-refractivity contribution in [2.24, 2.45) is 0 Å². The Morgan fingerprint density at radius 3 is 2.20 bits per heavy atom. The minimum atomic E-state index is -4.60. The molecule has 1 aromatic heterocycles. The van der Waals surface area contributed by atoms with Crippen molar-refractivity contribution in [1.29, 1.82) is 5.26 Å². The molecule has 0 saturated carbocycles. The smallest absolute Gasteiger partial charge is 0.329 e. The number of rotatable bonds is 5. The highest BCUT2D eigenvalue weighted by atomic mass is 19.4. The molecule has 0 aliphatic rings. The largest absolute Gasteiger partial charge is 0.421 e. The highest BCUT2D eigenvalue weighted by Crippen LogP contribution is 2.37. The van der Waals surface area contributed by atoms with Crippen LogP contribution in [0, 0.1) is 11.3 Å². The maximum atomic E-state index is 13.6. The summed E-state index contributed by atoms with van der Waals surface area (Å²) >= 11 is 0. The van der Waals surface area contributed by atoms with Gasteiger partial charge in [0.05, 0.1) is 11.6 Å². The highest BCUT2D eigenvalue weighted by Gasteiger charge is 2.36. The van der Waals surface area contributed by atoms with Crippen LogP contribution in [0.5, 0.6) is 0 Å². The topological polar surface area (TPSA) is 64.8 Å². The Labute approximate surface area is 172 Å². The van der Waals surface area contributed by atoms with E-state index in [9.17, 15) is 13.2 Å². The SMILES string of the molecule is CC(C)c1ccc(N(C)c2nc(Nc3ccc(C#N)cc3)ncc2C(F)(F)F)cc1. The first-order valence-corrected chi connectivity index (χ1v) is 9.24. The third-order valence-electron chi connectivity index (χ3n) is 4.61. The van der Waals surface area contributed by atoms with E-state index in [4.69, 9.17) is 5.26 Å². The number of aromatic nitrogens is 2. The van der Waals surface area contributed by atoms with Crippen molar-refractivity contribution in [3.05, 3.63) is 71.4 Å². The van der Waals surface area contributed by atoms with Gasteiger partial charge in [-0.05, 0) is 47.9 Å². The third kappa shape index (κ3) is 4.69. The number of benzene rings is 2. The lowest BCUT2D eigenvalue weighted by atomic mass is 10.0. The van der Waals surface area contributed by atoms with E-state index in [1.165, 1.54) is 11.9 Å². The maximum Gasteiger partial charge on any atom is 0.421 e. The number of nitrogens with one attached hydrogen (secondary N) is 1. The van der Waals surface area contributed by atoms with E-state index in [2.05, 4.69) is 15.3 Å². The molecule has 0 fully saturated rings. The second-order valence-electron chi connectivity index (χ2n) is 7.05. The standard InChI is InChI=1S/C22H20F3N5/c1-14(2)16-6-10-18(11-7-16)30(3)20-19(22(23,24)25)13-27-21(29-20)28-17-8-4-15(12-26)5-9-17/h4-11,13-14H,1-3H3,(H,27,28,29). The molecule has 1 heterocycles. The molecule has 0 aliphatic carbocycles. The molecule has 0 aliphatic heterocycles. The van der Waals surface area contributed by atoms with Crippen LogP contribution in [0.3, 0.4) is 0 Å². The van der Waals surface area contributed by atoms with Crippen molar-refractivity contribution < 1.29 is 13.2 Å². The summed E-state index contributed by atoms with van der Waals surface area (Å²) in [6.07, 6.45) is -3.83. The van der Waals surface area contributed by atoms with Gasteiger partial charge in [0.15, 0.2) is 5.82 Å². The van der Waals surface area contributed by atoms with E-state index in [1.807, 2.05) is 32.0 Å². The number of hydrogen-bond acceptors (Lipinski definition) is 5. The van der Waals surface area contributed by atoms with Crippen LogP contribution in [0.2, 0.25) is 0 Å². The van der Waals surface area contributed by atoms with Crippen molar-refractivity contribution in [1.82, 2.24) is 9.97 Å². The Hall–Kier alpha value is -3.60. The second kappa shape index (κ2) is 8.41. The summed E-state index contributed by atoms with van der Waals surface area (Å²) in [5.74, 6) is 0.0802. The molecule has 154 valence electrons. The summed E-state index contributed by atoms with van der Waals surface area (Å²) in [6.45, 7) is 4.10. The minimum Gasteiger partial charge on any atom is -0.329 e. The molecule has 0 atom stereocenters. The van der Waals surface area contributed by atoms with Crippen LogP contribution in [0.25, 0.3) is 0 Å². The van der Waals surface area contributed by atoms with Gasteiger partial charge in [0.25, 0.3) is 0 Å². The third-order valence-corrected chi connectivity index (χ3v) is 4.61. The fraction of sp³-hybridized carbons (Fsp3) is 0.227. The van der Waals surface area contributed by atoms with Crippen LogP contribution in [0.4, 0.5) is 36.3 Å². The van der Waals surface area contributed by atoms with Crippen molar-refractivity contribution in [2.45, 2.75) is 25.9 Å². The Balaban J connectivity index is 1.97. The van der Waals surface area contributed by atoms with Crippen LogP contribution in [-0.4, -0.2) is 17.0 Å². The summed E-state index contributed by atoms with van der Waals surface area (Å²) in [6, 6.07) is 15.8. The Morgan fingerprint density at radius 2 is 1.67 bits per heavy atom. The zero-order valence-corrected chi connectivity index (χ0v) is 16.7. The molecule has 8 heteroatoms. The van der Waals surface area contributed by atoms with Gasteiger partial charge in [-0.1, -0.05) is 26.0 Å². The van der Waals surface area contributed by atoms with Crippen molar-refractivity contribution >= 4 is 23.1 Å². The van der Waals surface area contributed by atoms with Gasteiger partial charge >= 0.3 is 6.18 Å². The molecule has 0 saturated heterocycles. The van der Waals surface area contributed by atoms with Crippen LogP contribution in [0.15, 0.2) is 54.7 Å². The number of halogens is 3. The summed E-state index contributed by atoms with van der Waals surface area (Å²) in [4.78, 5) is 9.34. The van der Waals surface area contributed by atoms with E-state index >= 15 is 0 Å². The minimum absolute atomic E-state index is 0.0216. The quantitative estimate of drug-likeness (QED) is 0.558. The van der Waals surface area contributed by atoms with E-state index in [0.717, 1.165) is 11.8 Å². The highest BCUT2D eigenvalue weighted by molar-refractivity contribution is 5.65. The van der Waals surface area contributed by atoms with Crippen LogP contribution >= 0.6 is 0 Å². The normalized spacial score (nSPS) is 11.3. The zero-order chi connectivity index (χ0) is 21.9. The van der Waals surface area contributed by atoms with Gasteiger partial charge in [0, 0.05) is 24.6 Å². The first-order valence-electron chi connectivity index (χ1n) is 9.24. The average Bonchev–Trinajstić information content (AvgIpc) is 2.73. The van der Waals surface area contributed by atoms with E-state index < -0.39 is 11.7 Å². The number of hydrogen-bond donors (Lipinski definition) is 1. The summed E-state index contributed by atoms with van der Waals surface area (Å²) < 4.78 is 40.7.